The molecule has 0 radical (unpaired) electrons. The van der Waals surface area contributed by atoms with Gasteiger partial charge in [-0.3, -0.25) is 9.20 Å². The molecule has 0 saturated heterocycles. The number of hydrogen-bond acceptors (Lipinski definition) is 3. The quantitative estimate of drug-likeness (QED) is 0.786. The Morgan fingerprint density at radius 2 is 1.96 bits per heavy atom. The molecule has 0 spiro atoms. The van der Waals surface area contributed by atoms with E-state index < -0.39 is 0 Å². The summed E-state index contributed by atoms with van der Waals surface area (Å²) in [5.74, 6) is 0.693. The van der Waals surface area contributed by atoms with E-state index in [-0.39, 0.29) is 11.9 Å². The molecule has 1 aromatic carbocycles. The monoisotopic (exact) mass is 308 g/mol. The molecule has 23 heavy (non-hydrogen) atoms. The number of aryl methyl sites for hydroxylation is 1. The number of hydrogen-bond donors (Lipinski definition) is 1. The Hall–Kier alpha value is -2.69. The summed E-state index contributed by atoms with van der Waals surface area (Å²) in [6, 6.07) is 13.2. The minimum Gasteiger partial charge on any atom is -0.342 e. The van der Waals surface area contributed by atoms with Crippen LogP contribution in [0.4, 0.5) is 0 Å². The Kier molecular flexibility index (Phi) is 4.37. The molecule has 0 aliphatic rings. The minimum atomic E-state index is -0.162. The summed E-state index contributed by atoms with van der Waals surface area (Å²) in [6.45, 7) is 4.03. The first-order valence-electron chi connectivity index (χ1n) is 7.87. The van der Waals surface area contributed by atoms with Crippen LogP contribution in [-0.4, -0.2) is 20.5 Å². The van der Waals surface area contributed by atoms with Gasteiger partial charge in [-0.1, -0.05) is 37.6 Å². The van der Waals surface area contributed by atoms with Crippen LogP contribution in [0, 0.1) is 6.92 Å². The molecule has 0 aliphatic heterocycles. The van der Waals surface area contributed by atoms with Gasteiger partial charge in [0.25, 0.3) is 5.91 Å². The van der Waals surface area contributed by atoms with Gasteiger partial charge in [-0.25, -0.2) is 0 Å². The van der Waals surface area contributed by atoms with Crippen LogP contribution in [0.25, 0.3) is 5.65 Å². The molecule has 0 aliphatic carbocycles. The zero-order chi connectivity index (χ0) is 16.2. The van der Waals surface area contributed by atoms with E-state index in [1.54, 1.807) is 0 Å². The third kappa shape index (κ3) is 3.08. The molecule has 2 aromatic heterocycles. The van der Waals surface area contributed by atoms with E-state index >= 15 is 0 Å². The van der Waals surface area contributed by atoms with E-state index in [0.29, 0.717) is 5.56 Å². The third-order valence-corrected chi connectivity index (χ3v) is 3.92. The summed E-state index contributed by atoms with van der Waals surface area (Å²) in [6.07, 6.45) is 3.68. The molecule has 3 rings (SSSR count). The summed E-state index contributed by atoms with van der Waals surface area (Å²) in [5.41, 5.74) is 2.45. The predicted molar refractivity (Wildman–Crippen MR) is 89.3 cm³/mol. The Labute approximate surface area is 135 Å². The lowest BCUT2D eigenvalue weighted by Gasteiger charge is -2.17. The van der Waals surface area contributed by atoms with E-state index in [0.717, 1.165) is 29.9 Å². The molecule has 0 bridgehead atoms. The van der Waals surface area contributed by atoms with E-state index in [9.17, 15) is 4.79 Å². The molecule has 2 heterocycles. The van der Waals surface area contributed by atoms with Gasteiger partial charge >= 0.3 is 0 Å². The summed E-state index contributed by atoms with van der Waals surface area (Å²) in [7, 11) is 0. The van der Waals surface area contributed by atoms with Gasteiger partial charge in [-0.05, 0) is 37.1 Å². The van der Waals surface area contributed by atoms with Crippen LogP contribution >= 0.6 is 0 Å². The fourth-order valence-electron chi connectivity index (χ4n) is 2.72. The van der Waals surface area contributed by atoms with E-state index in [2.05, 4.69) is 22.4 Å². The number of nitrogens with one attached hydrogen (secondary N) is 1. The van der Waals surface area contributed by atoms with Gasteiger partial charge in [-0.15, -0.1) is 10.2 Å². The predicted octanol–water partition coefficient (Wildman–Crippen LogP) is 3.31. The van der Waals surface area contributed by atoms with Crippen molar-refractivity contribution in [2.75, 3.05) is 0 Å². The van der Waals surface area contributed by atoms with Crippen LogP contribution < -0.4 is 5.32 Å². The first-order valence-corrected chi connectivity index (χ1v) is 7.87. The van der Waals surface area contributed by atoms with Crippen molar-refractivity contribution in [3.63, 3.8) is 0 Å². The normalized spacial score (nSPS) is 12.3. The van der Waals surface area contributed by atoms with Crippen molar-refractivity contribution in [2.45, 2.75) is 32.7 Å². The fraction of sp³-hybridized carbons (Fsp3) is 0.278. The lowest BCUT2D eigenvalue weighted by molar-refractivity contribution is 0.0931. The molecule has 0 fully saturated rings. The Morgan fingerprint density at radius 3 is 2.74 bits per heavy atom. The summed E-state index contributed by atoms with van der Waals surface area (Å²) < 4.78 is 1.93. The second kappa shape index (κ2) is 6.60. The highest BCUT2D eigenvalue weighted by atomic mass is 16.1. The van der Waals surface area contributed by atoms with Crippen molar-refractivity contribution in [2.24, 2.45) is 0 Å². The molecule has 1 N–H and O–H groups in total. The molecular weight excluding hydrogens is 288 g/mol. The summed E-state index contributed by atoms with van der Waals surface area (Å²) in [4.78, 5) is 12.6. The number of pyridine rings is 1. The van der Waals surface area contributed by atoms with Crippen LogP contribution in [0.1, 0.15) is 47.6 Å². The lowest BCUT2D eigenvalue weighted by atomic mass is 10.1. The highest BCUT2D eigenvalue weighted by Gasteiger charge is 2.20. The molecule has 3 aromatic rings. The van der Waals surface area contributed by atoms with Crippen LogP contribution in [0.2, 0.25) is 0 Å². The number of amides is 1. The number of rotatable bonds is 5. The van der Waals surface area contributed by atoms with Crippen molar-refractivity contribution in [3.8, 4) is 0 Å². The number of benzene rings is 1. The molecule has 1 atom stereocenters. The van der Waals surface area contributed by atoms with E-state index in [1.807, 2.05) is 60.0 Å². The molecule has 0 saturated carbocycles. The van der Waals surface area contributed by atoms with Gasteiger partial charge < -0.3 is 5.32 Å². The average molecular weight is 308 g/mol. The second-order valence-electron chi connectivity index (χ2n) is 5.62. The van der Waals surface area contributed by atoms with Gasteiger partial charge in [-0.2, -0.15) is 0 Å². The topological polar surface area (TPSA) is 59.3 Å². The minimum absolute atomic E-state index is 0.0748. The summed E-state index contributed by atoms with van der Waals surface area (Å²) in [5, 5.41) is 11.6. The standard InChI is InChI=1S/C18H20N4O/c1-3-8-15(17-21-20-16-11-6-7-12-22(16)17)19-18(23)14-10-5-4-9-13(14)2/h4-7,9-12,15H,3,8H2,1-2H3,(H,19,23)/t15-/m0/s1. The van der Waals surface area contributed by atoms with Crippen LogP contribution in [0.5, 0.6) is 0 Å². The number of aromatic nitrogens is 3. The zero-order valence-electron chi connectivity index (χ0n) is 13.4. The number of carbonyl (C=O) groups excluding carboxylic acids is 1. The van der Waals surface area contributed by atoms with Crippen molar-refractivity contribution in [1.29, 1.82) is 0 Å². The van der Waals surface area contributed by atoms with Crippen molar-refractivity contribution >= 4 is 11.6 Å². The first kappa shape index (κ1) is 15.2. The maximum atomic E-state index is 12.6. The van der Waals surface area contributed by atoms with Gasteiger partial charge in [0.2, 0.25) is 0 Å². The van der Waals surface area contributed by atoms with Gasteiger partial charge in [0, 0.05) is 11.8 Å². The maximum absolute atomic E-state index is 12.6. The zero-order valence-corrected chi connectivity index (χ0v) is 13.4. The maximum Gasteiger partial charge on any atom is 0.252 e. The third-order valence-electron chi connectivity index (χ3n) is 3.92. The van der Waals surface area contributed by atoms with Crippen molar-refractivity contribution in [1.82, 2.24) is 19.9 Å². The lowest BCUT2D eigenvalue weighted by Crippen LogP contribution is -2.30. The van der Waals surface area contributed by atoms with Gasteiger partial charge in [0.15, 0.2) is 11.5 Å². The number of fused-ring (bicyclic) bond motifs is 1. The highest BCUT2D eigenvalue weighted by Crippen LogP contribution is 2.19. The molecule has 1 amide bonds. The van der Waals surface area contributed by atoms with E-state index in [1.165, 1.54) is 0 Å². The molecular formula is C18H20N4O. The summed E-state index contributed by atoms with van der Waals surface area (Å²) >= 11 is 0. The Morgan fingerprint density at radius 1 is 1.17 bits per heavy atom. The van der Waals surface area contributed by atoms with Crippen molar-refractivity contribution in [3.05, 3.63) is 65.6 Å². The first-order chi connectivity index (χ1) is 11.2. The van der Waals surface area contributed by atoms with Gasteiger partial charge in [0.05, 0.1) is 6.04 Å². The Balaban J connectivity index is 1.90. The smallest absolute Gasteiger partial charge is 0.252 e. The van der Waals surface area contributed by atoms with Gasteiger partial charge in [0.1, 0.15) is 0 Å². The highest BCUT2D eigenvalue weighted by molar-refractivity contribution is 5.95. The molecule has 5 heteroatoms. The van der Waals surface area contributed by atoms with Crippen molar-refractivity contribution < 1.29 is 4.79 Å². The average Bonchev–Trinajstić information content (AvgIpc) is 2.99. The fourth-order valence-corrected chi connectivity index (χ4v) is 2.72. The molecule has 118 valence electrons. The number of nitrogens with zero attached hydrogens (tertiary/aromatic N) is 3. The Bertz CT molecular complexity index is 825. The SMILES string of the molecule is CCC[C@H](NC(=O)c1ccccc1C)c1nnc2ccccn12. The second-order valence-corrected chi connectivity index (χ2v) is 5.62. The number of carbonyl (C=O) groups is 1. The largest absolute Gasteiger partial charge is 0.342 e. The molecule has 0 unspecified atom stereocenters. The molecule has 5 nitrogen and oxygen atoms in total. The van der Waals surface area contributed by atoms with Crippen LogP contribution in [0.15, 0.2) is 48.7 Å². The van der Waals surface area contributed by atoms with Crippen LogP contribution in [0.3, 0.4) is 0 Å². The van der Waals surface area contributed by atoms with Crippen LogP contribution in [-0.2, 0) is 0 Å². The van der Waals surface area contributed by atoms with E-state index in [4.69, 9.17) is 0 Å².